The van der Waals surface area contributed by atoms with E-state index in [9.17, 15) is 0 Å². The lowest BCUT2D eigenvalue weighted by Crippen LogP contribution is -2.39. The van der Waals surface area contributed by atoms with E-state index in [4.69, 9.17) is 9.73 Å². The molecule has 0 aliphatic heterocycles. The van der Waals surface area contributed by atoms with Gasteiger partial charge in [-0.05, 0) is 39.0 Å². The van der Waals surface area contributed by atoms with E-state index in [1.54, 1.807) is 6.33 Å². The zero-order chi connectivity index (χ0) is 18.6. The molecule has 8 heteroatoms. The molecule has 0 radical (unpaired) electrons. The first-order valence-corrected chi connectivity index (χ1v) is 10.3. The number of aryl methyl sites for hydroxylation is 1. The summed E-state index contributed by atoms with van der Waals surface area (Å²) < 4.78 is 8.08. The molecule has 0 amide bonds. The van der Waals surface area contributed by atoms with E-state index in [2.05, 4.69) is 46.2 Å². The quantitative estimate of drug-likeness (QED) is 0.282. The molecular weight excluding hydrogens is 455 g/mol. The highest BCUT2D eigenvalue weighted by atomic mass is 127. The molecule has 1 saturated carbocycles. The van der Waals surface area contributed by atoms with E-state index in [1.165, 1.54) is 25.7 Å². The molecule has 0 saturated heterocycles. The van der Waals surface area contributed by atoms with E-state index in [0.29, 0.717) is 6.10 Å². The number of guanidine groups is 1. The van der Waals surface area contributed by atoms with Gasteiger partial charge in [0.25, 0.3) is 0 Å². The highest BCUT2D eigenvalue weighted by Gasteiger charge is 2.24. The van der Waals surface area contributed by atoms with E-state index in [-0.39, 0.29) is 24.0 Å². The van der Waals surface area contributed by atoms with Crippen LogP contribution in [0.5, 0.6) is 0 Å². The number of nitrogens with one attached hydrogen (secondary N) is 2. The second-order valence-corrected chi connectivity index (χ2v) is 6.81. The third-order valence-corrected chi connectivity index (χ3v) is 4.99. The Morgan fingerprint density at radius 3 is 2.74 bits per heavy atom. The van der Waals surface area contributed by atoms with Gasteiger partial charge < -0.3 is 19.9 Å². The van der Waals surface area contributed by atoms with E-state index < -0.39 is 0 Å². The Hall–Kier alpha value is -0.900. The van der Waals surface area contributed by atoms with Crippen molar-refractivity contribution in [2.24, 2.45) is 10.9 Å². The largest absolute Gasteiger partial charge is 0.378 e. The van der Waals surface area contributed by atoms with E-state index in [1.807, 2.05) is 0 Å². The molecule has 2 rings (SSSR count). The van der Waals surface area contributed by atoms with Crippen LogP contribution in [-0.2, 0) is 17.7 Å². The first kappa shape index (κ1) is 24.1. The van der Waals surface area contributed by atoms with Crippen molar-refractivity contribution >= 4 is 29.9 Å². The summed E-state index contributed by atoms with van der Waals surface area (Å²) in [4.78, 5) is 4.74. The molecule has 1 fully saturated rings. The van der Waals surface area contributed by atoms with Gasteiger partial charge in [0.15, 0.2) is 5.96 Å². The molecule has 0 bridgehead atoms. The standard InChI is InChI=1S/C19H36N6O.HI/c1-4-18-24-23-15-25(18)14-13-22-19(20-5-2)21-12-11-17(26-6-3)16-9-7-8-10-16;/h15-17H,4-14H2,1-3H3,(H2,20,21,22);1H. The smallest absolute Gasteiger partial charge is 0.191 e. The van der Waals surface area contributed by atoms with Crippen molar-refractivity contribution in [3.05, 3.63) is 12.2 Å². The molecular formula is C19H37IN6O. The van der Waals surface area contributed by atoms with Crippen LogP contribution in [0.1, 0.15) is 58.7 Å². The van der Waals surface area contributed by atoms with Crippen LogP contribution in [0.2, 0.25) is 0 Å². The number of hydrogen-bond acceptors (Lipinski definition) is 4. The van der Waals surface area contributed by atoms with Crippen LogP contribution in [0.4, 0.5) is 0 Å². The zero-order valence-corrected chi connectivity index (χ0v) is 19.4. The summed E-state index contributed by atoms with van der Waals surface area (Å²) in [6.07, 6.45) is 9.37. The van der Waals surface area contributed by atoms with E-state index >= 15 is 0 Å². The van der Waals surface area contributed by atoms with Crippen molar-refractivity contribution in [1.29, 1.82) is 0 Å². The lowest BCUT2D eigenvalue weighted by molar-refractivity contribution is 0.0177. The molecule has 2 N–H and O–H groups in total. The van der Waals surface area contributed by atoms with Crippen LogP contribution in [0.3, 0.4) is 0 Å². The van der Waals surface area contributed by atoms with Crippen LogP contribution >= 0.6 is 24.0 Å². The summed E-state index contributed by atoms with van der Waals surface area (Å²) in [5, 5.41) is 14.8. The molecule has 7 nitrogen and oxygen atoms in total. The van der Waals surface area contributed by atoms with E-state index in [0.717, 1.165) is 63.3 Å². The summed E-state index contributed by atoms with van der Waals surface area (Å²) in [5.74, 6) is 2.62. The minimum atomic E-state index is 0. The number of rotatable bonds is 11. The highest BCUT2D eigenvalue weighted by molar-refractivity contribution is 14.0. The maximum Gasteiger partial charge on any atom is 0.191 e. The lowest BCUT2D eigenvalue weighted by atomic mass is 9.98. The number of nitrogens with zero attached hydrogens (tertiary/aromatic N) is 4. The Labute approximate surface area is 181 Å². The Morgan fingerprint density at radius 2 is 2.07 bits per heavy atom. The monoisotopic (exact) mass is 492 g/mol. The minimum Gasteiger partial charge on any atom is -0.378 e. The van der Waals surface area contributed by atoms with Crippen molar-refractivity contribution in [3.8, 4) is 0 Å². The molecule has 1 aliphatic rings. The van der Waals surface area contributed by atoms with Gasteiger partial charge in [0, 0.05) is 39.2 Å². The summed E-state index contributed by atoms with van der Waals surface area (Å²) in [6, 6.07) is 0. The topological polar surface area (TPSA) is 76.4 Å². The van der Waals surface area contributed by atoms with Crippen LogP contribution in [0.25, 0.3) is 0 Å². The fourth-order valence-electron chi connectivity index (χ4n) is 3.68. The van der Waals surface area contributed by atoms with Crippen molar-refractivity contribution in [1.82, 2.24) is 25.4 Å². The van der Waals surface area contributed by atoms with Gasteiger partial charge in [0.1, 0.15) is 12.2 Å². The van der Waals surface area contributed by atoms with Gasteiger partial charge in [-0.2, -0.15) is 0 Å². The first-order chi connectivity index (χ1) is 12.8. The Balaban J connectivity index is 0.00000364. The maximum absolute atomic E-state index is 6.00. The van der Waals surface area contributed by atoms with Gasteiger partial charge in [-0.1, -0.05) is 19.8 Å². The lowest BCUT2D eigenvalue weighted by Gasteiger charge is -2.22. The third kappa shape index (κ3) is 8.33. The molecule has 1 unspecified atom stereocenters. The Kier molecular flexibility index (Phi) is 12.6. The number of aromatic nitrogens is 3. The summed E-state index contributed by atoms with van der Waals surface area (Å²) in [7, 11) is 0. The maximum atomic E-state index is 6.00. The molecule has 0 spiro atoms. The highest BCUT2D eigenvalue weighted by Crippen LogP contribution is 2.30. The Bertz CT molecular complexity index is 530. The third-order valence-electron chi connectivity index (χ3n) is 4.99. The normalized spacial score (nSPS) is 16.2. The van der Waals surface area contributed by atoms with Gasteiger partial charge in [0.05, 0.1) is 6.10 Å². The number of halogens is 1. The predicted molar refractivity (Wildman–Crippen MR) is 121 cm³/mol. The van der Waals surface area contributed by atoms with Crippen LogP contribution in [0, 0.1) is 5.92 Å². The second-order valence-electron chi connectivity index (χ2n) is 6.81. The molecule has 0 aromatic carbocycles. The number of aliphatic imine (C=N–C) groups is 1. The predicted octanol–water partition coefficient (Wildman–Crippen LogP) is 3.00. The van der Waals surface area contributed by atoms with Gasteiger partial charge in [0.2, 0.25) is 0 Å². The fourth-order valence-corrected chi connectivity index (χ4v) is 3.68. The van der Waals surface area contributed by atoms with Gasteiger partial charge in [-0.3, -0.25) is 4.99 Å². The van der Waals surface area contributed by atoms with Crippen LogP contribution in [-0.4, -0.2) is 53.1 Å². The van der Waals surface area contributed by atoms with Crippen molar-refractivity contribution in [2.45, 2.75) is 71.9 Å². The van der Waals surface area contributed by atoms with Gasteiger partial charge >= 0.3 is 0 Å². The first-order valence-electron chi connectivity index (χ1n) is 10.3. The number of hydrogen-bond donors (Lipinski definition) is 2. The average Bonchev–Trinajstić information content (AvgIpc) is 3.32. The second kappa shape index (κ2) is 14.1. The van der Waals surface area contributed by atoms with Crippen molar-refractivity contribution in [2.75, 3.05) is 26.2 Å². The molecule has 1 atom stereocenters. The summed E-state index contributed by atoms with van der Waals surface area (Å²) >= 11 is 0. The zero-order valence-electron chi connectivity index (χ0n) is 17.1. The van der Waals surface area contributed by atoms with Crippen molar-refractivity contribution in [3.63, 3.8) is 0 Å². The number of ether oxygens (including phenoxy) is 1. The fraction of sp³-hybridized carbons (Fsp3) is 0.842. The SMILES string of the molecule is CCNC(=NCCC(OCC)C1CCCC1)NCCn1cnnc1CC.I. The summed E-state index contributed by atoms with van der Waals surface area (Å²) in [6.45, 7) is 10.4. The van der Waals surface area contributed by atoms with Gasteiger partial charge in [-0.25, -0.2) is 0 Å². The molecule has 1 aliphatic carbocycles. The molecule has 1 aromatic heterocycles. The van der Waals surface area contributed by atoms with Crippen LogP contribution in [0.15, 0.2) is 11.3 Å². The van der Waals surface area contributed by atoms with Crippen LogP contribution < -0.4 is 10.6 Å². The minimum absolute atomic E-state index is 0. The van der Waals surface area contributed by atoms with Gasteiger partial charge in [-0.15, -0.1) is 34.2 Å². The molecule has 27 heavy (non-hydrogen) atoms. The molecule has 156 valence electrons. The molecule has 1 heterocycles. The average molecular weight is 492 g/mol. The Morgan fingerprint density at radius 1 is 1.30 bits per heavy atom. The summed E-state index contributed by atoms with van der Waals surface area (Å²) in [5.41, 5.74) is 0. The molecule has 1 aromatic rings. The van der Waals surface area contributed by atoms with Crippen molar-refractivity contribution < 1.29 is 4.74 Å².